The summed E-state index contributed by atoms with van der Waals surface area (Å²) in [7, 11) is 2.31. The van der Waals surface area contributed by atoms with Crippen LogP contribution in [0.2, 0.25) is 0 Å². The molecule has 0 aliphatic heterocycles. The molecule has 7 nitrogen and oxygen atoms in total. The number of likely N-dealkylation sites (N-methyl/N-ethyl adjacent to an activating group) is 1. The summed E-state index contributed by atoms with van der Waals surface area (Å²) in [6.07, 6.45) is 0. The standard InChI is InChI=1S/C12H22N2O5/c1-6-14(7-2)8-12(10(16)18-4,11(17)19-5)13-9(3)15/h6-8H2,1-5H3,(H,13,15). The van der Waals surface area contributed by atoms with Crippen molar-refractivity contribution in [2.24, 2.45) is 0 Å². The summed E-state index contributed by atoms with van der Waals surface area (Å²) >= 11 is 0. The molecule has 0 unspecified atom stereocenters. The van der Waals surface area contributed by atoms with Gasteiger partial charge in [-0.15, -0.1) is 0 Å². The van der Waals surface area contributed by atoms with Crippen molar-refractivity contribution in [2.45, 2.75) is 26.3 Å². The van der Waals surface area contributed by atoms with E-state index in [1.807, 2.05) is 18.7 Å². The van der Waals surface area contributed by atoms with E-state index in [-0.39, 0.29) is 6.54 Å². The minimum absolute atomic E-state index is 0.00106. The van der Waals surface area contributed by atoms with Crippen molar-refractivity contribution in [3.05, 3.63) is 0 Å². The van der Waals surface area contributed by atoms with Crippen LogP contribution in [0, 0.1) is 0 Å². The Hall–Kier alpha value is -1.63. The third kappa shape index (κ3) is 4.20. The lowest BCUT2D eigenvalue weighted by atomic mass is 9.98. The number of nitrogens with zero attached hydrogens (tertiary/aromatic N) is 1. The highest BCUT2D eigenvalue weighted by Gasteiger charge is 2.50. The maximum Gasteiger partial charge on any atom is 0.344 e. The molecule has 7 heteroatoms. The van der Waals surface area contributed by atoms with Crippen molar-refractivity contribution in [1.82, 2.24) is 10.2 Å². The van der Waals surface area contributed by atoms with E-state index in [4.69, 9.17) is 0 Å². The average Bonchev–Trinajstić information content (AvgIpc) is 2.40. The average molecular weight is 274 g/mol. The molecule has 0 atom stereocenters. The number of ether oxygens (including phenoxy) is 2. The molecule has 0 heterocycles. The van der Waals surface area contributed by atoms with Crippen LogP contribution in [0.3, 0.4) is 0 Å². The molecule has 0 radical (unpaired) electrons. The first-order chi connectivity index (χ1) is 8.87. The third-order valence-corrected chi connectivity index (χ3v) is 2.81. The molecule has 0 aromatic carbocycles. The molecule has 0 saturated carbocycles. The van der Waals surface area contributed by atoms with E-state index in [2.05, 4.69) is 14.8 Å². The van der Waals surface area contributed by atoms with Crippen LogP contribution in [0.4, 0.5) is 0 Å². The Balaban J connectivity index is 5.53. The normalized spacial score (nSPS) is 11.1. The fourth-order valence-corrected chi connectivity index (χ4v) is 1.79. The molecule has 0 aromatic rings. The fraction of sp³-hybridized carbons (Fsp3) is 0.750. The Labute approximate surface area is 113 Å². The minimum atomic E-state index is -1.83. The van der Waals surface area contributed by atoms with Gasteiger partial charge in [0.2, 0.25) is 11.4 Å². The number of methoxy groups -OCH3 is 2. The zero-order chi connectivity index (χ0) is 15.1. The van der Waals surface area contributed by atoms with E-state index < -0.39 is 23.4 Å². The van der Waals surface area contributed by atoms with Crippen LogP contribution in [0.25, 0.3) is 0 Å². The highest BCUT2D eigenvalue weighted by atomic mass is 16.5. The van der Waals surface area contributed by atoms with Gasteiger partial charge in [0.1, 0.15) is 0 Å². The predicted molar refractivity (Wildman–Crippen MR) is 68.4 cm³/mol. The second-order valence-corrected chi connectivity index (χ2v) is 4.03. The lowest BCUT2D eigenvalue weighted by molar-refractivity contribution is -0.166. The maximum absolute atomic E-state index is 12.0. The minimum Gasteiger partial charge on any atom is -0.467 e. The molecular formula is C12H22N2O5. The Kier molecular flexibility index (Phi) is 7.06. The highest BCUT2D eigenvalue weighted by molar-refractivity contribution is 6.08. The number of hydrogen-bond donors (Lipinski definition) is 1. The van der Waals surface area contributed by atoms with E-state index >= 15 is 0 Å². The Bertz CT molecular complexity index is 323. The van der Waals surface area contributed by atoms with Gasteiger partial charge in [-0.25, -0.2) is 9.59 Å². The molecule has 0 aliphatic rings. The van der Waals surface area contributed by atoms with Gasteiger partial charge >= 0.3 is 11.9 Å². The van der Waals surface area contributed by atoms with Crippen LogP contribution in [-0.4, -0.2) is 62.1 Å². The van der Waals surface area contributed by atoms with Gasteiger partial charge in [0, 0.05) is 13.5 Å². The zero-order valence-electron chi connectivity index (χ0n) is 12.1. The largest absolute Gasteiger partial charge is 0.467 e. The summed E-state index contributed by atoms with van der Waals surface area (Å²) in [6, 6.07) is 0. The van der Waals surface area contributed by atoms with Crippen LogP contribution < -0.4 is 5.32 Å². The smallest absolute Gasteiger partial charge is 0.344 e. The first-order valence-corrected chi connectivity index (χ1v) is 6.05. The van der Waals surface area contributed by atoms with Crippen molar-refractivity contribution >= 4 is 17.8 Å². The van der Waals surface area contributed by atoms with Crippen LogP contribution in [0.5, 0.6) is 0 Å². The van der Waals surface area contributed by atoms with Crippen LogP contribution in [0.1, 0.15) is 20.8 Å². The quantitative estimate of drug-likeness (QED) is 0.500. The molecular weight excluding hydrogens is 252 g/mol. The summed E-state index contributed by atoms with van der Waals surface area (Å²) in [5, 5.41) is 2.36. The molecule has 19 heavy (non-hydrogen) atoms. The van der Waals surface area contributed by atoms with Crippen molar-refractivity contribution in [2.75, 3.05) is 33.9 Å². The summed E-state index contributed by atoms with van der Waals surface area (Å²) in [5.41, 5.74) is -1.83. The molecule has 1 N–H and O–H groups in total. The predicted octanol–water partition coefficient (Wildman–Crippen LogP) is -0.451. The SMILES string of the molecule is CCN(CC)CC(NC(C)=O)(C(=O)OC)C(=O)OC. The molecule has 0 rings (SSSR count). The summed E-state index contributed by atoms with van der Waals surface area (Å²) in [4.78, 5) is 37.1. The monoisotopic (exact) mass is 274 g/mol. The van der Waals surface area contributed by atoms with Gasteiger partial charge < -0.3 is 19.7 Å². The number of carbonyl (C=O) groups excluding carboxylic acids is 3. The Morgan fingerprint density at radius 3 is 1.74 bits per heavy atom. The lowest BCUT2D eigenvalue weighted by Gasteiger charge is -2.33. The van der Waals surface area contributed by atoms with Crippen molar-refractivity contribution in [3.63, 3.8) is 0 Å². The molecule has 0 aliphatic carbocycles. The van der Waals surface area contributed by atoms with E-state index in [0.717, 1.165) is 14.2 Å². The van der Waals surface area contributed by atoms with E-state index in [9.17, 15) is 14.4 Å². The van der Waals surface area contributed by atoms with Crippen LogP contribution in [-0.2, 0) is 23.9 Å². The zero-order valence-corrected chi connectivity index (χ0v) is 12.1. The summed E-state index contributed by atoms with van der Waals surface area (Å²) in [5.74, 6) is -2.20. The Morgan fingerprint density at radius 2 is 1.47 bits per heavy atom. The van der Waals surface area contributed by atoms with Crippen molar-refractivity contribution in [1.29, 1.82) is 0 Å². The van der Waals surface area contributed by atoms with Crippen LogP contribution in [0.15, 0.2) is 0 Å². The van der Waals surface area contributed by atoms with E-state index in [0.29, 0.717) is 13.1 Å². The van der Waals surface area contributed by atoms with Gasteiger partial charge in [0.25, 0.3) is 0 Å². The number of nitrogens with one attached hydrogen (secondary N) is 1. The topological polar surface area (TPSA) is 84.9 Å². The molecule has 0 aromatic heterocycles. The molecule has 0 spiro atoms. The van der Waals surface area contributed by atoms with Crippen molar-refractivity contribution in [3.8, 4) is 0 Å². The summed E-state index contributed by atoms with van der Waals surface area (Å²) in [6.45, 7) is 6.23. The molecule has 110 valence electrons. The first-order valence-electron chi connectivity index (χ1n) is 6.05. The van der Waals surface area contributed by atoms with Gasteiger partial charge in [0.15, 0.2) is 0 Å². The maximum atomic E-state index is 12.0. The van der Waals surface area contributed by atoms with Gasteiger partial charge in [0.05, 0.1) is 14.2 Å². The second-order valence-electron chi connectivity index (χ2n) is 4.03. The number of hydrogen-bond acceptors (Lipinski definition) is 6. The van der Waals surface area contributed by atoms with Crippen molar-refractivity contribution < 1.29 is 23.9 Å². The number of carbonyl (C=O) groups is 3. The van der Waals surface area contributed by atoms with E-state index in [1.54, 1.807) is 0 Å². The Morgan fingerprint density at radius 1 is 1.05 bits per heavy atom. The van der Waals surface area contributed by atoms with Crippen LogP contribution >= 0.6 is 0 Å². The van der Waals surface area contributed by atoms with Gasteiger partial charge in [-0.2, -0.15) is 0 Å². The number of amides is 1. The lowest BCUT2D eigenvalue weighted by Crippen LogP contribution is -2.66. The second kappa shape index (κ2) is 7.73. The fourth-order valence-electron chi connectivity index (χ4n) is 1.79. The highest BCUT2D eigenvalue weighted by Crippen LogP contribution is 2.13. The molecule has 0 fully saturated rings. The first kappa shape index (κ1) is 17.4. The number of esters is 2. The molecule has 0 bridgehead atoms. The van der Waals surface area contributed by atoms with E-state index in [1.165, 1.54) is 6.92 Å². The number of rotatable bonds is 7. The molecule has 1 amide bonds. The molecule has 0 saturated heterocycles. The summed E-state index contributed by atoms with van der Waals surface area (Å²) < 4.78 is 9.30. The van der Waals surface area contributed by atoms with Gasteiger partial charge in [-0.3, -0.25) is 4.79 Å². The van der Waals surface area contributed by atoms with Gasteiger partial charge in [-0.1, -0.05) is 13.8 Å². The van der Waals surface area contributed by atoms with Gasteiger partial charge in [-0.05, 0) is 13.1 Å². The third-order valence-electron chi connectivity index (χ3n) is 2.81.